The molecule has 21 heavy (non-hydrogen) atoms. The van der Waals surface area contributed by atoms with Crippen LogP contribution in [0.2, 0.25) is 0 Å². The van der Waals surface area contributed by atoms with Gasteiger partial charge in [-0.15, -0.1) is 0 Å². The van der Waals surface area contributed by atoms with Crippen molar-refractivity contribution in [3.63, 3.8) is 0 Å². The van der Waals surface area contributed by atoms with Gasteiger partial charge in [0.25, 0.3) is 0 Å². The summed E-state index contributed by atoms with van der Waals surface area (Å²) in [7, 11) is -1.40. The summed E-state index contributed by atoms with van der Waals surface area (Å²) in [5.41, 5.74) is 0.873. The van der Waals surface area contributed by atoms with Crippen LogP contribution < -0.4 is 4.74 Å². The van der Waals surface area contributed by atoms with E-state index in [2.05, 4.69) is 5.10 Å². The predicted molar refractivity (Wildman–Crippen MR) is 84.0 cm³/mol. The molecule has 1 N–H and O–H groups in total. The minimum absolute atomic E-state index is 0.0736. The number of amidine groups is 1. The van der Waals surface area contributed by atoms with Crippen molar-refractivity contribution >= 4 is 33.0 Å². The fourth-order valence-electron chi connectivity index (χ4n) is 2.44. The van der Waals surface area contributed by atoms with Crippen molar-refractivity contribution in [2.75, 3.05) is 18.6 Å². The first-order valence-electron chi connectivity index (χ1n) is 6.41. The molecule has 2 fully saturated rings. The molecule has 0 saturated carbocycles. The van der Waals surface area contributed by atoms with E-state index in [9.17, 15) is 8.42 Å². The van der Waals surface area contributed by atoms with E-state index in [4.69, 9.17) is 10.1 Å². The van der Waals surface area contributed by atoms with Gasteiger partial charge < -0.3 is 4.74 Å². The zero-order chi connectivity index (χ0) is 15.0. The zero-order valence-electron chi connectivity index (χ0n) is 11.4. The molecule has 2 atom stereocenters. The quantitative estimate of drug-likeness (QED) is 0.844. The lowest BCUT2D eigenvalue weighted by atomic mass is 10.2. The Balaban J connectivity index is 1.76. The summed E-state index contributed by atoms with van der Waals surface area (Å²) in [6.07, 6.45) is 1.64. The Morgan fingerprint density at radius 3 is 2.76 bits per heavy atom. The minimum Gasteiger partial charge on any atom is -0.497 e. The molecule has 0 bridgehead atoms. The van der Waals surface area contributed by atoms with Crippen LogP contribution in [0, 0.1) is 5.41 Å². The molecule has 1 aromatic rings. The van der Waals surface area contributed by atoms with E-state index in [-0.39, 0.29) is 22.8 Å². The molecule has 3 rings (SSSR count). The lowest BCUT2D eigenvalue weighted by Gasteiger charge is -2.17. The third-order valence-corrected chi connectivity index (χ3v) is 6.63. The van der Waals surface area contributed by atoms with Crippen molar-refractivity contribution in [1.82, 2.24) is 5.01 Å². The molecule has 2 heterocycles. The second-order valence-corrected chi connectivity index (χ2v) is 8.35. The average molecular weight is 325 g/mol. The summed E-state index contributed by atoms with van der Waals surface area (Å²) >= 11 is 1.28. The third-order valence-electron chi connectivity index (χ3n) is 3.50. The Kier molecular flexibility index (Phi) is 3.66. The summed E-state index contributed by atoms with van der Waals surface area (Å²) in [4.78, 5) is 0. The molecular weight excluding hydrogens is 310 g/mol. The standard InChI is InChI=1S/C13H15N3O3S2/c1-19-10-4-2-9(3-5-10)6-15-16-11-7-21(17,18)8-12(11)20-13(16)14/h2-6,11-12,14H,7-8H2,1H3/b14-13?,15-6-/t11-,12-/m1/s1. The van der Waals surface area contributed by atoms with Gasteiger partial charge in [-0.1, -0.05) is 11.8 Å². The van der Waals surface area contributed by atoms with Crippen molar-refractivity contribution in [2.24, 2.45) is 5.10 Å². The van der Waals surface area contributed by atoms with E-state index in [0.717, 1.165) is 11.3 Å². The van der Waals surface area contributed by atoms with Gasteiger partial charge >= 0.3 is 0 Å². The van der Waals surface area contributed by atoms with Crippen LogP contribution >= 0.6 is 11.8 Å². The highest BCUT2D eigenvalue weighted by Crippen LogP contribution is 2.37. The van der Waals surface area contributed by atoms with Gasteiger partial charge in [-0.05, 0) is 29.8 Å². The Bertz CT molecular complexity index is 685. The fourth-order valence-corrected chi connectivity index (χ4v) is 6.16. The first kappa shape index (κ1) is 14.4. The third kappa shape index (κ3) is 2.91. The van der Waals surface area contributed by atoms with Crippen molar-refractivity contribution in [3.8, 4) is 5.75 Å². The molecular formula is C13H15N3O3S2. The monoisotopic (exact) mass is 325 g/mol. The van der Waals surface area contributed by atoms with Crippen LogP contribution in [0.25, 0.3) is 0 Å². The van der Waals surface area contributed by atoms with Gasteiger partial charge in [-0.3, -0.25) is 5.41 Å². The van der Waals surface area contributed by atoms with E-state index >= 15 is 0 Å². The Morgan fingerprint density at radius 2 is 2.10 bits per heavy atom. The summed E-state index contributed by atoms with van der Waals surface area (Å²) in [5.74, 6) is 0.977. The van der Waals surface area contributed by atoms with Crippen LogP contribution in [0.1, 0.15) is 5.56 Å². The van der Waals surface area contributed by atoms with E-state index in [1.165, 1.54) is 16.8 Å². The van der Waals surface area contributed by atoms with Gasteiger partial charge in [0.2, 0.25) is 0 Å². The maximum atomic E-state index is 11.7. The maximum Gasteiger partial charge on any atom is 0.177 e. The summed E-state index contributed by atoms with van der Waals surface area (Å²) < 4.78 is 28.4. The number of hydrogen-bond acceptors (Lipinski definition) is 6. The van der Waals surface area contributed by atoms with Crippen molar-refractivity contribution < 1.29 is 13.2 Å². The largest absolute Gasteiger partial charge is 0.497 e. The van der Waals surface area contributed by atoms with Gasteiger partial charge in [-0.25, -0.2) is 13.4 Å². The second kappa shape index (κ2) is 5.34. The summed E-state index contributed by atoms with van der Waals surface area (Å²) in [6.45, 7) is 0. The summed E-state index contributed by atoms with van der Waals surface area (Å²) in [6, 6.07) is 7.15. The molecule has 0 unspecified atom stereocenters. The number of benzene rings is 1. The highest BCUT2D eigenvalue weighted by molar-refractivity contribution is 8.15. The van der Waals surface area contributed by atoms with Crippen LogP contribution in [0.3, 0.4) is 0 Å². The van der Waals surface area contributed by atoms with Crippen LogP contribution in [-0.4, -0.2) is 54.7 Å². The smallest absolute Gasteiger partial charge is 0.177 e. The predicted octanol–water partition coefficient (Wildman–Crippen LogP) is 1.18. The van der Waals surface area contributed by atoms with E-state index in [1.54, 1.807) is 13.3 Å². The molecule has 112 valence electrons. The van der Waals surface area contributed by atoms with Gasteiger partial charge in [0, 0.05) is 5.25 Å². The number of thioether (sulfide) groups is 1. The molecule has 6 nitrogen and oxygen atoms in total. The van der Waals surface area contributed by atoms with E-state index in [0.29, 0.717) is 5.17 Å². The van der Waals surface area contributed by atoms with Crippen molar-refractivity contribution in [2.45, 2.75) is 11.3 Å². The van der Waals surface area contributed by atoms with Crippen LogP contribution in [0.5, 0.6) is 5.75 Å². The van der Waals surface area contributed by atoms with Gasteiger partial charge in [0.15, 0.2) is 15.0 Å². The van der Waals surface area contributed by atoms with Crippen LogP contribution in [0.15, 0.2) is 29.4 Å². The molecule has 2 aliphatic heterocycles. The molecule has 0 aliphatic carbocycles. The first-order valence-corrected chi connectivity index (χ1v) is 9.11. The Labute approximate surface area is 127 Å². The summed E-state index contributed by atoms with van der Waals surface area (Å²) in [5, 5.41) is 14.0. The molecule has 0 aromatic heterocycles. The van der Waals surface area contributed by atoms with E-state index < -0.39 is 9.84 Å². The average Bonchev–Trinajstić information content (AvgIpc) is 2.88. The molecule has 2 aliphatic rings. The number of rotatable bonds is 3. The van der Waals surface area contributed by atoms with Gasteiger partial charge in [0.1, 0.15) is 5.75 Å². The van der Waals surface area contributed by atoms with Crippen LogP contribution in [0.4, 0.5) is 0 Å². The number of sulfone groups is 1. The normalized spacial score (nSPS) is 27.3. The fraction of sp³-hybridized carbons (Fsp3) is 0.385. The minimum atomic E-state index is -3.00. The lowest BCUT2D eigenvalue weighted by molar-refractivity contribution is 0.376. The molecule has 0 spiro atoms. The maximum absolute atomic E-state index is 11.7. The number of nitrogens with one attached hydrogen (secondary N) is 1. The first-order chi connectivity index (χ1) is 9.98. The number of fused-ring (bicyclic) bond motifs is 1. The molecule has 0 amide bonds. The molecule has 8 heteroatoms. The molecule has 0 radical (unpaired) electrons. The van der Waals surface area contributed by atoms with Crippen molar-refractivity contribution in [1.29, 1.82) is 5.41 Å². The van der Waals surface area contributed by atoms with Gasteiger partial charge in [-0.2, -0.15) is 5.10 Å². The molecule has 1 aromatic carbocycles. The number of hydrogen-bond donors (Lipinski definition) is 1. The lowest BCUT2D eigenvalue weighted by Crippen LogP contribution is -2.32. The topological polar surface area (TPSA) is 82.8 Å². The Hall–Kier alpha value is -1.54. The van der Waals surface area contributed by atoms with Gasteiger partial charge in [0.05, 0.1) is 30.9 Å². The number of methoxy groups -OCH3 is 1. The number of hydrazone groups is 1. The number of ether oxygens (including phenoxy) is 1. The van der Waals surface area contributed by atoms with Crippen LogP contribution in [-0.2, 0) is 9.84 Å². The van der Waals surface area contributed by atoms with Crippen molar-refractivity contribution in [3.05, 3.63) is 29.8 Å². The van der Waals surface area contributed by atoms with E-state index in [1.807, 2.05) is 24.3 Å². The number of nitrogens with zero attached hydrogens (tertiary/aromatic N) is 2. The SMILES string of the molecule is COc1ccc(/C=N\N2C(=N)S[C@@H]3CS(=O)(=O)C[C@H]32)cc1. The highest BCUT2D eigenvalue weighted by atomic mass is 32.2. The zero-order valence-corrected chi connectivity index (χ0v) is 13.0. The Morgan fingerprint density at radius 1 is 1.38 bits per heavy atom. The second-order valence-electron chi connectivity index (χ2n) is 4.97. The highest BCUT2D eigenvalue weighted by Gasteiger charge is 2.48. The molecule has 2 saturated heterocycles.